The van der Waals surface area contributed by atoms with E-state index >= 15 is 0 Å². The van der Waals surface area contributed by atoms with Crippen molar-refractivity contribution in [2.75, 3.05) is 44.7 Å². The lowest BCUT2D eigenvalue weighted by molar-refractivity contribution is -0.131. The molecule has 0 radical (unpaired) electrons. The maximum atomic E-state index is 12.8. The number of benzene rings is 2. The molecule has 150 valence electrons. The van der Waals surface area contributed by atoms with Crippen molar-refractivity contribution in [3.63, 3.8) is 0 Å². The molecule has 2 aromatic carbocycles. The Morgan fingerprint density at radius 2 is 1.69 bits per heavy atom. The molecule has 2 aliphatic heterocycles. The number of hydrogen-bond acceptors (Lipinski definition) is 5. The van der Waals surface area contributed by atoms with Crippen LogP contribution in [0.25, 0.3) is 0 Å². The number of imide groups is 1. The zero-order valence-electron chi connectivity index (χ0n) is 15.9. The average molecular weight is 458 g/mol. The van der Waals surface area contributed by atoms with Gasteiger partial charge < -0.3 is 14.5 Å². The molecule has 2 heterocycles. The van der Waals surface area contributed by atoms with E-state index in [9.17, 15) is 14.4 Å². The van der Waals surface area contributed by atoms with Gasteiger partial charge in [0.05, 0.1) is 23.9 Å². The minimum Gasteiger partial charge on any atom is -0.495 e. The number of rotatable bonds is 4. The van der Waals surface area contributed by atoms with E-state index in [1.54, 1.807) is 30.2 Å². The first-order chi connectivity index (χ1) is 14.0. The summed E-state index contributed by atoms with van der Waals surface area (Å²) in [6.07, 6.45) is 0. The van der Waals surface area contributed by atoms with Crippen LogP contribution in [-0.2, 0) is 4.79 Å². The standard InChI is InChI=1S/C21H20BrN3O4/c1-29-18-5-3-2-4-17(18)23-8-10-24(11-9-23)19(26)13-25-20(27)15-7-6-14(22)12-16(15)21(25)28/h2-7,12H,8-11,13H2,1H3. The number of carbonyl (C=O) groups is 3. The molecule has 2 aromatic rings. The maximum Gasteiger partial charge on any atom is 0.262 e. The molecule has 7 nitrogen and oxygen atoms in total. The summed E-state index contributed by atoms with van der Waals surface area (Å²) in [6, 6.07) is 12.7. The van der Waals surface area contributed by atoms with Crippen LogP contribution < -0.4 is 9.64 Å². The van der Waals surface area contributed by atoms with Crippen LogP contribution in [0.3, 0.4) is 0 Å². The van der Waals surface area contributed by atoms with Crippen molar-refractivity contribution in [3.8, 4) is 5.75 Å². The Morgan fingerprint density at radius 1 is 1.00 bits per heavy atom. The molecule has 0 bridgehead atoms. The van der Waals surface area contributed by atoms with Gasteiger partial charge in [0.1, 0.15) is 12.3 Å². The third kappa shape index (κ3) is 3.60. The van der Waals surface area contributed by atoms with Crippen molar-refractivity contribution >= 4 is 39.3 Å². The molecule has 8 heteroatoms. The van der Waals surface area contributed by atoms with Gasteiger partial charge in [0, 0.05) is 30.7 Å². The predicted octanol–water partition coefficient (Wildman–Crippen LogP) is 2.40. The number of hydrogen-bond donors (Lipinski definition) is 0. The molecular weight excluding hydrogens is 438 g/mol. The molecule has 4 rings (SSSR count). The van der Waals surface area contributed by atoms with Crippen molar-refractivity contribution in [2.45, 2.75) is 0 Å². The van der Waals surface area contributed by atoms with E-state index in [1.165, 1.54) is 0 Å². The number of nitrogens with zero attached hydrogens (tertiary/aromatic N) is 3. The Balaban J connectivity index is 1.40. The molecular formula is C21H20BrN3O4. The van der Waals surface area contributed by atoms with Gasteiger partial charge in [-0.05, 0) is 30.3 Å². The first-order valence-electron chi connectivity index (χ1n) is 9.31. The van der Waals surface area contributed by atoms with Gasteiger partial charge in [0.2, 0.25) is 5.91 Å². The molecule has 0 saturated carbocycles. The van der Waals surface area contributed by atoms with Gasteiger partial charge in [-0.2, -0.15) is 0 Å². The molecule has 0 aliphatic carbocycles. The van der Waals surface area contributed by atoms with Gasteiger partial charge >= 0.3 is 0 Å². The van der Waals surface area contributed by atoms with Crippen LogP contribution in [0.2, 0.25) is 0 Å². The summed E-state index contributed by atoms with van der Waals surface area (Å²) in [6.45, 7) is 2.11. The maximum absolute atomic E-state index is 12.8. The number of ether oxygens (including phenoxy) is 1. The van der Waals surface area contributed by atoms with Crippen LogP contribution in [0, 0.1) is 0 Å². The van der Waals surface area contributed by atoms with Crippen LogP contribution in [0.5, 0.6) is 5.75 Å². The number of methoxy groups -OCH3 is 1. The van der Waals surface area contributed by atoms with Crippen LogP contribution in [0.1, 0.15) is 20.7 Å². The lowest BCUT2D eigenvalue weighted by Crippen LogP contribution is -2.52. The Kier molecular flexibility index (Phi) is 5.27. The predicted molar refractivity (Wildman–Crippen MR) is 111 cm³/mol. The Hall–Kier alpha value is -2.87. The second kappa shape index (κ2) is 7.87. The number of anilines is 1. The summed E-state index contributed by atoms with van der Waals surface area (Å²) < 4.78 is 6.14. The number of fused-ring (bicyclic) bond motifs is 1. The van der Waals surface area contributed by atoms with Crippen LogP contribution >= 0.6 is 15.9 Å². The Bertz CT molecular complexity index is 986. The van der Waals surface area contributed by atoms with E-state index in [0.29, 0.717) is 37.3 Å². The number of halogens is 1. The summed E-state index contributed by atoms with van der Waals surface area (Å²) >= 11 is 3.31. The topological polar surface area (TPSA) is 70.2 Å². The Labute approximate surface area is 177 Å². The van der Waals surface area contributed by atoms with Gasteiger partial charge in [-0.1, -0.05) is 28.1 Å². The van der Waals surface area contributed by atoms with Gasteiger partial charge in [-0.25, -0.2) is 0 Å². The lowest BCUT2D eigenvalue weighted by atomic mass is 10.1. The minimum atomic E-state index is -0.424. The molecule has 0 spiro atoms. The van der Waals surface area contributed by atoms with Gasteiger partial charge in [-0.15, -0.1) is 0 Å². The van der Waals surface area contributed by atoms with Gasteiger partial charge in [-0.3, -0.25) is 19.3 Å². The van der Waals surface area contributed by atoms with Crippen LogP contribution in [-0.4, -0.2) is 67.4 Å². The van der Waals surface area contributed by atoms with E-state index in [1.807, 2.05) is 24.3 Å². The number of carbonyl (C=O) groups excluding carboxylic acids is 3. The highest BCUT2D eigenvalue weighted by Gasteiger charge is 2.37. The van der Waals surface area contributed by atoms with E-state index in [2.05, 4.69) is 20.8 Å². The monoisotopic (exact) mass is 457 g/mol. The molecule has 0 N–H and O–H groups in total. The fraction of sp³-hybridized carbons (Fsp3) is 0.286. The third-order valence-electron chi connectivity index (χ3n) is 5.28. The quantitative estimate of drug-likeness (QED) is 0.659. The molecule has 0 aromatic heterocycles. The zero-order valence-corrected chi connectivity index (χ0v) is 17.5. The first kappa shape index (κ1) is 19.4. The summed E-state index contributed by atoms with van der Waals surface area (Å²) in [4.78, 5) is 42.8. The molecule has 0 atom stereocenters. The van der Waals surface area contributed by atoms with E-state index in [0.717, 1.165) is 20.8 Å². The number of amides is 3. The second-order valence-electron chi connectivity index (χ2n) is 6.93. The van der Waals surface area contributed by atoms with Crippen molar-refractivity contribution in [1.82, 2.24) is 9.80 Å². The van der Waals surface area contributed by atoms with Crippen molar-refractivity contribution in [2.24, 2.45) is 0 Å². The molecule has 0 unspecified atom stereocenters. The normalized spacial score (nSPS) is 16.3. The summed E-state index contributed by atoms with van der Waals surface area (Å²) in [5.41, 5.74) is 1.66. The van der Waals surface area contributed by atoms with E-state index in [-0.39, 0.29) is 12.5 Å². The highest BCUT2D eigenvalue weighted by Crippen LogP contribution is 2.29. The summed E-state index contributed by atoms with van der Waals surface area (Å²) in [5, 5.41) is 0. The highest BCUT2D eigenvalue weighted by molar-refractivity contribution is 9.10. The summed E-state index contributed by atoms with van der Waals surface area (Å²) in [5.74, 6) is -0.270. The second-order valence-corrected chi connectivity index (χ2v) is 7.84. The van der Waals surface area contributed by atoms with Crippen molar-refractivity contribution in [1.29, 1.82) is 0 Å². The fourth-order valence-electron chi connectivity index (χ4n) is 3.73. The van der Waals surface area contributed by atoms with E-state index < -0.39 is 11.8 Å². The molecule has 3 amide bonds. The average Bonchev–Trinajstić information content (AvgIpc) is 2.98. The van der Waals surface area contributed by atoms with E-state index in [4.69, 9.17) is 4.74 Å². The van der Waals surface area contributed by atoms with Crippen molar-refractivity contribution in [3.05, 3.63) is 58.1 Å². The molecule has 2 aliphatic rings. The minimum absolute atomic E-state index is 0.224. The fourth-order valence-corrected chi connectivity index (χ4v) is 4.09. The SMILES string of the molecule is COc1ccccc1N1CCN(C(=O)CN2C(=O)c3ccc(Br)cc3C2=O)CC1. The van der Waals surface area contributed by atoms with Crippen LogP contribution in [0.4, 0.5) is 5.69 Å². The highest BCUT2D eigenvalue weighted by atomic mass is 79.9. The molecule has 1 saturated heterocycles. The number of piperazine rings is 1. The smallest absolute Gasteiger partial charge is 0.262 e. The van der Waals surface area contributed by atoms with Crippen LogP contribution in [0.15, 0.2) is 46.9 Å². The van der Waals surface area contributed by atoms with Gasteiger partial charge in [0.25, 0.3) is 11.8 Å². The number of para-hydroxylation sites is 2. The molecule has 1 fully saturated rings. The van der Waals surface area contributed by atoms with Crippen molar-refractivity contribution < 1.29 is 19.1 Å². The third-order valence-corrected chi connectivity index (χ3v) is 5.78. The Morgan fingerprint density at radius 3 is 2.41 bits per heavy atom. The lowest BCUT2D eigenvalue weighted by Gasteiger charge is -2.37. The zero-order chi connectivity index (χ0) is 20.5. The summed E-state index contributed by atoms with van der Waals surface area (Å²) in [7, 11) is 1.64. The van der Waals surface area contributed by atoms with Gasteiger partial charge in [0.15, 0.2) is 0 Å². The molecule has 29 heavy (non-hydrogen) atoms. The first-order valence-corrected chi connectivity index (χ1v) is 10.1. The largest absolute Gasteiger partial charge is 0.495 e.